The van der Waals surface area contributed by atoms with Gasteiger partial charge < -0.3 is 17.0 Å². The molecule has 0 unspecified atom stereocenters. The predicted octanol–water partition coefficient (Wildman–Crippen LogP) is -0.0979. The van der Waals surface area contributed by atoms with E-state index >= 15 is 0 Å². The Balaban J connectivity index is 0.00000196. The summed E-state index contributed by atoms with van der Waals surface area (Å²) in [6.07, 6.45) is 9.09. The third-order valence-corrected chi connectivity index (χ3v) is 6.71. The quantitative estimate of drug-likeness (QED) is 0.667. The number of benzene rings is 2. The zero-order chi connectivity index (χ0) is 17.2. The summed E-state index contributed by atoms with van der Waals surface area (Å²) in [5.74, 6) is 0.655. The van der Waals surface area contributed by atoms with Gasteiger partial charge in [-0.25, -0.2) is 0 Å². The van der Waals surface area contributed by atoms with Crippen molar-refractivity contribution in [1.82, 2.24) is 0 Å². The van der Waals surface area contributed by atoms with Crippen LogP contribution in [-0.2, 0) is 15.7 Å². The zero-order valence-electron chi connectivity index (χ0n) is 14.3. The number of phenolic OH excluding ortho intramolecular Hbond substituents is 2. The van der Waals surface area contributed by atoms with E-state index in [0.717, 1.165) is 11.1 Å². The summed E-state index contributed by atoms with van der Waals surface area (Å²) in [5.41, 5.74) is 1.75. The number of nitrogens with zero attached hydrogens (tertiary/aromatic N) is 2. The molecule has 1 aliphatic heterocycles. The second-order valence-corrected chi connectivity index (χ2v) is 8.17. The van der Waals surface area contributed by atoms with E-state index in [1.807, 2.05) is 36.4 Å². The Labute approximate surface area is 171 Å². The first kappa shape index (κ1) is 19.2. The van der Waals surface area contributed by atoms with E-state index in [4.69, 9.17) is 0 Å². The molecule has 26 heavy (non-hydrogen) atoms. The minimum Gasteiger partial charge on any atom is -1.00 e. The molecule has 2 N–H and O–H groups in total. The second kappa shape index (κ2) is 8.39. The predicted molar refractivity (Wildman–Crippen MR) is 93.1 cm³/mol. The normalized spacial score (nSPS) is 25.1. The van der Waals surface area contributed by atoms with Gasteiger partial charge in [-0.1, -0.05) is 0 Å². The average molecular weight is 454 g/mol. The molecule has 4 rings (SSSR count). The SMILES string of the molecule is Oc1ccccc1C=[N+]1[Cr][N+](=Cc2ccccc2O)[C@@H]2CCCC[C@H]21.[Br-]. The van der Waals surface area contributed by atoms with Crippen LogP contribution in [0, 0.1) is 0 Å². The maximum absolute atomic E-state index is 10.1. The largest absolute Gasteiger partial charge is 1.00 e. The third kappa shape index (κ3) is 3.88. The number of rotatable bonds is 2. The van der Waals surface area contributed by atoms with Gasteiger partial charge in [-0.15, -0.1) is 0 Å². The molecule has 136 valence electrons. The van der Waals surface area contributed by atoms with Gasteiger partial charge in [-0.3, -0.25) is 0 Å². The van der Waals surface area contributed by atoms with Crippen LogP contribution in [0.4, 0.5) is 0 Å². The second-order valence-electron chi connectivity index (χ2n) is 6.60. The molecule has 0 spiro atoms. The average Bonchev–Trinajstić information content (AvgIpc) is 2.97. The zero-order valence-corrected chi connectivity index (χ0v) is 17.2. The molecule has 1 saturated carbocycles. The van der Waals surface area contributed by atoms with Crippen LogP contribution in [0.1, 0.15) is 36.8 Å². The van der Waals surface area contributed by atoms with Gasteiger partial charge in [-0.2, -0.15) is 0 Å². The summed E-state index contributed by atoms with van der Waals surface area (Å²) in [4.78, 5) is 0. The van der Waals surface area contributed by atoms with E-state index in [-0.39, 0.29) is 32.6 Å². The van der Waals surface area contributed by atoms with Crippen molar-refractivity contribution in [2.24, 2.45) is 0 Å². The van der Waals surface area contributed by atoms with Crippen LogP contribution in [0.2, 0.25) is 0 Å². The molecule has 0 amide bonds. The standard InChI is InChI=1S/C20H22N2O2.BrH.Cr/c23-19-11-5-1-7-15(19)13-21-17-9-3-4-10-18(17)22-14-16-8-2-6-12-20(16)24;;/h1-2,5-8,11-14,17-18,23-24H,3-4,9-10H2;1H;/q;;+2/p-1/t17-,18-;;/m1../s1. The van der Waals surface area contributed by atoms with Gasteiger partial charge in [-0.05, 0) is 0 Å². The molecular weight excluding hydrogens is 432 g/mol. The van der Waals surface area contributed by atoms with Gasteiger partial charge in [0, 0.05) is 0 Å². The number of para-hydroxylation sites is 2. The van der Waals surface area contributed by atoms with Crippen molar-refractivity contribution in [1.29, 1.82) is 0 Å². The number of fused-ring (bicyclic) bond motifs is 1. The fourth-order valence-corrected chi connectivity index (χ4v) is 5.61. The number of hydrogen-bond acceptors (Lipinski definition) is 2. The number of halogens is 1. The fraction of sp³-hybridized carbons (Fsp3) is 0.300. The Morgan fingerprint density at radius 2 is 1.19 bits per heavy atom. The van der Waals surface area contributed by atoms with E-state index in [9.17, 15) is 10.2 Å². The summed E-state index contributed by atoms with van der Waals surface area (Å²) >= 11 is 0.115. The van der Waals surface area contributed by atoms with Crippen LogP contribution >= 0.6 is 0 Å². The van der Waals surface area contributed by atoms with Crippen LogP contribution in [0.25, 0.3) is 0 Å². The number of hydrogen-bond donors (Lipinski definition) is 2. The summed E-state index contributed by atoms with van der Waals surface area (Å²) in [7, 11) is 0. The first-order valence-electron chi connectivity index (χ1n) is 8.73. The Bertz CT molecular complexity index is 784. The minimum absolute atomic E-state index is 0. The fourth-order valence-electron chi connectivity index (χ4n) is 3.62. The summed E-state index contributed by atoms with van der Waals surface area (Å²) in [6.45, 7) is 0. The maximum atomic E-state index is 10.1. The molecule has 2 atom stereocenters. The Hall–Kier alpha value is -1.61. The molecular formula is C20H22BrCrN2O2+. The molecule has 4 nitrogen and oxygen atoms in total. The van der Waals surface area contributed by atoms with Gasteiger partial charge in [0.1, 0.15) is 0 Å². The first-order chi connectivity index (χ1) is 12.2. The Morgan fingerprint density at radius 1 is 0.769 bits per heavy atom. The van der Waals surface area contributed by atoms with Gasteiger partial charge in [0.05, 0.1) is 0 Å². The van der Waals surface area contributed by atoms with Crippen LogP contribution in [-0.4, -0.2) is 41.8 Å². The molecule has 2 aromatic carbocycles. The number of aromatic hydroxyl groups is 2. The smallest absolute Gasteiger partial charge is 1.00 e. The van der Waals surface area contributed by atoms with Crippen LogP contribution in [0.3, 0.4) is 0 Å². The molecule has 2 aliphatic rings. The monoisotopic (exact) mass is 453 g/mol. The van der Waals surface area contributed by atoms with E-state index in [0.29, 0.717) is 23.6 Å². The molecule has 1 saturated heterocycles. The maximum Gasteiger partial charge on any atom is -1.00 e. The van der Waals surface area contributed by atoms with Crippen molar-refractivity contribution in [3.63, 3.8) is 0 Å². The summed E-state index contributed by atoms with van der Waals surface area (Å²) in [6, 6.07) is 16.0. The van der Waals surface area contributed by atoms with Crippen molar-refractivity contribution < 1.29 is 50.0 Å². The van der Waals surface area contributed by atoms with Crippen molar-refractivity contribution in [3.05, 3.63) is 59.7 Å². The Kier molecular flexibility index (Phi) is 6.18. The topological polar surface area (TPSA) is 46.5 Å². The van der Waals surface area contributed by atoms with Crippen LogP contribution in [0.5, 0.6) is 11.5 Å². The van der Waals surface area contributed by atoms with E-state index < -0.39 is 0 Å². The van der Waals surface area contributed by atoms with Crippen LogP contribution < -0.4 is 17.0 Å². The molecule has 2 aromatic rings. The van der Waals surface area contributed by atoms with Crippen molar-refractivity contribution in [3.8, 4) is 11.5 Å². The molecule has 0 bridgehead atoms. The molecule has 2 fully saturated rings. The minimum atomic E-state index is 0. The molecule has 1 heterocycles. The van der Waals surface area contributed by atoms with Crippen molar-refractivity contribution in [2.75, 3.05) is 0 Å². The molecule has 0 radical (unpaired) electrons. The van der Waals surface area contributed by atoms with Gasteiger partial charge in [0.2, 0.25) is 0 Å². The van der Waals surface area contributed by atoms with E-state index in [2.05, 4.69) is 19.5 Å². The van der Waals surface area contributed by atoms with Gasteiger partial charge >= 0.3 is 154 Å². The molecule has 1 aliphatic carbocycles. The van der Waals surface area contributed by atoms with Crippen molar-refractivity contribution >= 4 is 12.4 Å². The van der Waals surface area contributed by atoms with Gasteiger partial charge in [0.15, 0.2) is 0 Å². The van der Waals surface area contributed by atoms with Crippen molar-refractivity contribution in [2.45, 2.75) is 37.8 Å². The van der Waals surface area contributed by atoms with Crippen LogP contribution in [0.15, 0.2) is 48.5 Å². The summed E-state index contributed by atoms with van der Waals surface area (Å²) < 4.78 is 4.81. The Morgan fingerprint density at radius 3 is 1.62 bits per heavy atom. The number of phenols is 2. The van der Waals surface area contributed by atoms with E-state index in [1.54, 1.807) is 12.1 Å². The van der Waals surface area contributed by atoms with E-state index in [1.165, 1.54) is 25.7 Å². The molecule has 6 heteroatoms. The third-order valence-electron chi connectivity index (χ3n) is 4.94. The summed E-state index contributed by atoms with van der Waals surface area (Å²) in [5, 5.41) is 20.2. The van der Waals surface area contributed by atoms with Gasteiger partial charge in [0.25, 0.3) is 0 Å². The first-order valence-corrected chi connectivity index (χ1v) is 9.87. The molecule has 0 aromatic heterocycles.